The summed E-state index contributed by atoms with van der Waals surface area (Å²) < 4.78 is 45.1. The van der Waals surface area contributed by atoms with Gasteiger partial charge >= 0.3 is 18.2 Å². The highest BCUT2D eigenvalue weighted by Gasteiger charge is 2.31. The SMILES string of the molecule is CCN(Cc1cc(C(F)(F)F)ccc1-c1cncc(CC(=O)OC)c1)C(=O)NCc1ccccc1. The van der Waals surface area contributed by atoms with Crippen molar-refractivity contribution in [3.63, 3.8) is 0 Å². The van der Waals surface area contributed by atoms with Crippen molar-refractivity contribution in [3.8, 4) is 11.1 Å². The summed E-state index contributed by atoms with van der Waals surface area (Å²) >= 11 is 0. The zero-order valence-corrected chi connectivity index (χ0v) is 19.4. The van der Waals surface area contributed by atoms with Crippen LogP contribution in [0.15, 0.2) is 67.0 Å². The molecule has 35 heavy (non-hydrogen) atoms. The van der Waals surface area contributed by atoms with Crippen LogP contribution in [0.4, 0.5) is 18.0 Å². The molecule has 0 fully saturated rings. The number of carbonyl (C=O) groups excluding carboxylic acids is 2. The molecule has 3 aromatic rings. The first-order chi connectivity index (χ1) is 16.7. The van der Waals surface area contributed by atoms with Gasteiger partial charge in [0.05, 0.1) is 19.1 Å². The van der Waals surface area contributed by atoms with E-state index in [0.29, 0.717) is 28.8 Å². The van der Waals surface area contributed by atoms with E-state index in [1.165, 1.54) is 30.5 Å². The number of hydrogen-bond donors (Lipinski definition) is 1. The minimum Gasteiger partial charge on any atom is -0.469 e. The van der Waals surface area contributed by atoms with Crippen LogP contribution < -0.4 is 5.32 Å². The number of halogens is 3. The van der Waals surface area contributed by atoms with Crippen molar-refractivity contribution in [1.82, 2.24) is 15.2 Å². The predicted octanol–water partition coefficient (Wildman–Crippen LogP) is 5.21. The third kappa shape index (κ3) is 7.05. The van der Waals surface area contributed by atoms with E-state index in [9.17, 15) is 22.8 Å². The fourth-order valence-electron chi connectivity index (χ4n) is 3.57. The van der Waals surface area contributed by atoms with Gasteiger partial charge in [0, 0.05) is 37.6 Å². The Hall–Kier alpha value is -3.88. The van der Waals surface area contributed by atoms with Crippen LogP contribution in [0.5, 0.6) is 0 Å². The molecule has 2 amide bonds. The maximum absolute atomic E-state index is 13.5. The first kappa shape index (κ1) is 25.7. The zero-order chi connectivity index (χ0) is 25.4. The Labute approximate surface area is 201 Å². The van der Waals surface area contributed by atoms with Crippen molar-refractivity contribution in [3.05, 3.63) is 89.2 Å². The van der Waals surface area contributed by atoms with Gasteiger partial charge in [0.1, 0.15) is 0 Å². The summed E-state index contributed by atoms with van der Waals surface area (Å²) in [4.78, 5) is 30.0. The van der Waals surface area contributed by atoms with Crippen LogP contribution in [0.3, 0.4) is 0 Å². The maximum Gasteiger partial charge on any atom is 0.416 e. The molecule has 0 spiro atoms. The second-order valence-corrected chi connectivity index (χ2v) is 7.86. The molecule has 0 bridgehead atoms. The van der Waals surface area contributed by atoms with Crippen LogP contribution in [0.25, 0.3) is 11.1 Å². The first-order valence-electron chi connectivity index (χ1n) is 11.0. The lowest BCUT2D eigenvalue weighted by Gasteiger charge is -2.24. The van der Waals surface area contributed by atoms with Crippen molar-refractivity contribution in [1.29, 1.82) is 0 Å². The number of carbonyl (C=O) groups is 2. The number of pyridine rings is 1. The average molecular weight is 486 g/mol. The normalized spacial score (nSPS) is 11.1. The largest absolute Gasteiger partial charge is 0.469 e. The van der Waals surface area contributed by atoms with Crippen molar-refractivity contribution < 1.29 is 27.5 Å². The molecule has 0 saturated carbocycles. The first-order valence-corrected chi connectivity index (χ1v) is 11.0. The molecule has 0 aliphatic heterocycles. The topological polar surface area (TPSA) is 71.5 Å². The smallest absolute Gasteiger partial charge is 0.416 e. The molecule has 9 heteroatoms. The zero-order valence-electron chi connectivity index (χ0n) is 19.4. The summed E-state index contributed by atoms with van der Waals surface area (Å²) in [6.45, 7) is 2.30. The van der Waals surface area contributed by atoms with Crippen LogP contribution >= 0.6 is 0 Å². The standard InChI is InChI=1S/C26H26F3N3O3/c1-3-32(25(34)31-15-18-7-5-4-6-8-18)17-21-13-22(26(27,28)29)9-10-23(21)20-11-19(14-30-16-20)12-24(33)35-2/h4-11,13-14,16H,3,12,15,17H2,1-2H3,(H,31,34). The molecular formula is C26H26F3N3O3. The lowest BCUT2D eigenvalue weighted by atomic mass is 9.96. The minimum atomic E-state index is -4.54. The van der Waals surface area contributed by atoms with Crippen LogP contribution in [0, 0.1) is 0 Å². The number of aromatic nitrogens is 1. The molecule has 1 heterocycles. The Bertz CT molecular complexity index is 1170. The minimum absolute atomic E-state index is 0.0176. The highest BCUT2D eigenvalue weighted by atomic mass is 19.4. The third-order valence-electron chi connectivity index (χ3n) is 5.43. The van der Waals surface area contributed by atoms with Crippen LogP contribution in [-0.4, -0.2) is 35.5 Å². The number of rotatable bonds is 8. The molecule has 2 aromatic carbocycles. The Kier molecular flexibility index (Phi) is 8.46. The fourth-order valence-corrected chi connectivity index (χ4v) is 3.57. The van der Waals surface area contributed by atoms with Crippen molar-refractivity contribution in [2.75, 3.05) is 13.7 Å². The number of benzene rings is 2. The van der Waals surface area contributed by atoms with Gasteiger partial charge in [-0.3, -0.25) is 9.78 Å². The van der Waals surface area contributed by atoms with Gasteiger partial charge in [-0.05, 0) is 47.4 Å². The Balaban J connectivity index is 1.90. The fraction of sp³-hybridized carbons (Fsp3) is 0.269. The number of amides is 2. The van der Waals surface area contributed by atoms with Gasteiger partial charge < -0.3 is 15.0 Å². The summed E-state index contributed by atoms with van der Waals surface area (Å²) in [6.07, 6.45) is -1.54. The number of nitrogens with zero attached hydrogens (tertiary/aromatic N) is 2. The molecule has 0 aliphatic rings. The van der Waals surface area contributed by atoms with Crippen LogP contribution in [0.2, 0.25) is 0 Å². The second-order valence-electron chi connectivity index (χ2n) is 7.86. The summed E-state index contributed by atoms with van der Waals surface area (Å²) in [5.74, 6) is -0.455. The molecule has 0 saturated heterocycles. The van der Waals surface area contributed by atoms with E-state index >= 15 is 0 Å². The molecule has 184 valence electrons. The van der Waals surface area contributed by atoms with E-state index in [0.717, 1.165) is 17.7 Å². The molecule has 0 unspecified atom stereocenters. The number of urea groups is 1. The van der Waals surface area contributed by atoms with E-state index in [-0.39, 0.29) is 19.5 Å². The highest BCUT2D eigenvalue weighted by Crippen LogP contribution is 2.34. The van der Waals surface area contributed by atoms with Gasteiger partial charge in [0.25, 0.3) is 0 Å². The van der Waals surface area contributed by atoms with E-state index in [1.807, 2.05) is 30.3 Å². The molecular weight excluding hydrogens is 459 g/mol. The molecule has 0 radical (unpaired) electrons. The van der Waals surface area contributed by atoms with Gasteiger partial charge in [0.15, 0.2) is 0 Å². The molecule has 1 N–H and O–H groups in total. The second kappa shape index (κ2) is 11.5. The maximum atomic E-state index is 13.5. The van der Waals surface area contributed by atoms with E-state index in [4.69, 9.17) is 0 Å². The Morgan fingerprint density at radius 2 is 1.77 bits per heavy atom. The molecule has 6 nitrogen and oxygen atoms in total. The van der Waals surface area contributed by atoms with Gasteiger partial charge in [-0.2, -0.15) is 13.2 Å². The van der Waals surface area contributed by atoms with Crippen molar-refractivity contribution in [2.45, 2.75) is 32.6 Å². The Morgan fingerprint density at radius 1 is 1.03 bits per heavy atom. The predicted molar refractivity (Wildman–Crippen MR) is 125 cm³/mol. The monoisotopic (exact) mass is 485 g/mol. The number of nitrogens with one attached hydrogen (secondary N) is 1. The summed E-state index contributed by atoms with van der Waals surface area (Å²) in [5.41, 5.74) is 2.00. The average Bonchev–Trinajstić information content (AvgIpc) is 2.85. The van der Waals surface area contributed by atoms with Gasteiger partial charge in [-0.15, -0.1) is 0 Å². The number of alkyl halides is 3. The summed E-state index contributed by atoms with van der Waals surface area (Å²) in [5, 5.41) is 2.81. The number of methoxy groups -OCH3 is 1. The summed E-state index contributed by atoms with van der Waals surface area (Å²) in [6, 6.07) is 14.0. The number of hydrogen-bond acceptors (Lipinski definition) is 4. The molecule has 0 aliphatic carbocycles. The van der Waals surface area contributed by atoms with Gasteiger partial charge in [-0.1, -0.05) is 36.4 Å². The van der Waals surface area contributed by atoms with Crippen LogP contribution in [-0.2, 0) is 35.2 Å². The quantitative estimate of drug-likeness (QED) is 0.445. The molecule has 1 aromatic heterocycles. The lowest BCUT2D eigenvalue weighted by molar-refractivity contribution is -0.140. The lowest BCUT2D eigenvalue weighted by Crippen LogP contribution is -2.39. The summed E-state index contributed by atoms with van der Waals surface area (Å²) in [7, 11) is 1.27. The number of esters is 1. The third-order valence-corrected chi connectivity index (χ3v) is 5.43. The van der Waals surface area contributed by atoms with Gasteiger partial charge in [-0.25, -0.2) is 4.79 Å². The highest BCUT2D eigenvalue weighted by molar-refractivity contribution is 5.76. The number of ether oxygens (including phenoxy) is 1. The van der Waals surface area contributed by atoms with Gasteiger partial charge in [0.2, 0.25) is 0 Å². The van der Waals surface area contributed by atoms with E-state index in [2.05, 4.69) is 15.0 Å². The van der Waals surface area contributed by atoms with E-state index in [1.54, 1.807) is 13.0 Å². The Morgan fingerprint density at radius 3 is 2.43 bits per heavy atom. The van der Waals surface area contributed by atoms with Crippen LogP contribution in [0.1, 0.15) is 29.2 Å². The van der Waals surface area contributed by atoms with Crippen molar-refractivity contribution >= 4 is 12.0 Å². The molecule has 3 rings (SSSR count). The van der Waals surface area contributed by atoms with E-state index < -0.39 is 23.7 Å². The molecule has 0 atom stereocenters. The van der Waals surface area contributed by atoms with Crippen molar-refractivity contribution in [2.24, 2.45) is 0 Å².